The third-order valence-electron chi connectivity index (χ3n) is 1.61. The Morgan fingerprint density at radius 1 is 1.86 bits per heavy atom. The quantitative estimate of drug-likeness (QED) is 0.484. The van der Waals surface area contributed by atoms with Crippen molar-refractivity contribution >= 4 is 0 Å². The van der Waals surface area contributed by atoms with E-state index in [0.29, 0.717) is 12.5 Å². The first kappa shape index (κ1) is 4.85. The molecular weight excluding hydrogens is 88.1 g/mol. The van der Waals surface area contributed by atoms with Gasteiger partial charge in [-0.05, 0) is 12.8 Å². The molecule has 1 atom stereocenters. The van der Waals surface area contributed by atoms with Crippen LogP contribution in [0.5, 0.6) is 0 Å². The van der Waals surface area contributed by atoms with Gasteiger partial charge in [-0.1, -0.05) is 12.2 Å². The average molecular weight is 98.1 g/mol. The van der Waals surface area contributed by atoms with Gasteiger partial charge in [0.2, 0.25) is 0 Å². The highest BCUT2D eigenvalue weighted by atomic mass is 16.3. The second kappa shape index (κ2) is 1.66. The molecule has 0 aromatic rings. The molecule has 0 aliphatic heterocycles. The molecule has 1 unspecified atom stereocenters. The molecule has 0 aromatic carbocycles. The molecule has 1 saturated carbocycles. The van der Waals surface area contributed by atoms with E-state index >= 15 is 0 Å². The van der Waals surface area contributed by atoms with E-state index in [0.717, 1.165) is 12.8 Å². The van der Waals surface area contributed by atoms with Crippen LogP contribution in [0, 0.1) is 5.92 Å². The summed E-state index contributed by atoms with van der Waals surface area (Å²) in [6.07, 6.45) is 2.28. The van der Waals surface area contributed by atoms with Gasteiger partial charge in [-0.15, -0.1) is 0 Å². The van der Waals surface area contributed by atoms with Gasteiger partial charge in [0.15, 0.2) is 0 Å². The Balaban J connectivity index is 2.29. The van der Waals surface area contributed by atoms with Crippen LogP contribution in [0.2, 0.25) is 0 Å². The van der Waals surface area contributed by atoms with Gasteiger partial charge in [0.1, 0.15) is 0 Å². The van der Waals surface area contributed by atoms with Gasteiger partial charge in [0.25, 0.3) is 0 Å². The van der Waals surface area contributed by atoms with Gasteiger partial charge in [0, 0.05) is 12.5 Å². The van der Waals surface area contributed by atoms with E-state index in [1.165, 1.54) is 5.57 Å². The van der Waals surface area contributed by atoms with Crippen molar-refractivity contribution in [3.8, 4) is 0 Å². The van der Waals surface area contributed by atoms with Crippen LogP contribution in [-0.2, 0) is 0 Å². The topological polar surface area (TPSA) is 20.2 Å². The molecule has 1 aliphatic carbocycles. The zero-order valence-corrected chi connectivity index (χ0v) is 4.35. The van der Waals surface area contributed by atoms with Crippen LogP contribution in [0.4, 0.5) is 0 Å². The summed E-state index contributed by atoms with van der Waals surface area (Å²) in [5.74, 6) is 0.444. The summed E-state index contributed by atoms with van der Waals surface area (Å²) in [6, 6.07) is 0. The lowest BCUT2D eigenvalue weighted by Gasteiger charge is -2.26. The van der Waals surface area contributed by atoms with Crippen molar-refractivity contribution in [2.45, 2.75) is 12.8 Å². The standard InChI is InChI=1S/C6H10O/c1-5-2-3-6(5)4-7/h6-7H,1-4H2. The number of hydrogen-bond donors (Lipinski definition) is 1. The Hall–Kier alpha value is -0.300. The molecule has 1 nitrogen and oxygen atoms in total. The van der Waals surface area contributed by atoms with Crippen LogP contribution in [-0.4, -0.2) is 11.7 Å². The molecule has 1 fully saturated rings. The first-order chi connectivity index (χ1) is 3.34. The zero-order valence-electron chi connectivity index (χ0n) is 4.35. The van der Waals surface area contributed by atoms with Crippen molar-refractivity contribution in [1.29, 1.82) is 0 Å². The lowest BCUT2D eigenvalue weighted by Crippen LogP contribution is -2.17. The molecule has 0 saturated heterocycles. The summed E-state index contributed by atoms with van der Waals surface area (Å²) >= 11 is 0. The molecule has 1 N–H and O–H groups in total. The van der Waals surface area contributed by atoms with Crippen molar-refractivity contribution in [3.05, 3.63) is 12.2 Å². The highest BCUT2D eigenvalue weighted by molar-refractivity contribution is 5.09. The number of rotatable bonds is 1. The lowest BCUT2D eigenvalue weighted by atomic mass is 9.81. The Bertz CT molecular complexity index is 84.2. The maximum absolute atomic E-state index is 8.50. The molecular formula is C6H10O. The molecule has 0 radical (unpaired) electrons. The summed E-state index contributed by atoms with van der Waals surface area (Å²) in [5.41, 5.74) is 1.22. The van der Waals surface area contributed by atoms with Gasteiger partial charge in [-0.25, -0.2) is 0 Å². The largest absolute Gasteiger partial charge is 0.396 e. The highest BCUT2D eigenvalue weighted by Gasteiger charge is 2.19. The fourth-order valence-corrected chi connectivity index (χ4v) is 0.773. The van der Waals surface area contributed by atoms with E-state index in [2.05, 4.69) is 6.58 Å². The average Bonchev–Trinajstić information content (AvgIpc) is 1.65. The second-order valence-electron chi connectivity index (χ2n) is 2.08. The third kappa shape index (κ3) is 0.682. The fourth-order valence-electron chi connectivity index (χ4n) is 0.773. The van der Waals surface area contributed by atoms with Crippen molar-refractivity contribution in [2.75, 3.05) is 6.61 Å². The summed E-state index contributed by atoms with van der Waals surface area (Å²) < 4.78 is 0. The van der Waals surface area contributed by atoms with Crippen molar-refractivity contribution in [3.63, 3.8) is 0 Å². The van der Waals surface area contributed by atoms with Gasteiger partial charge in [-0.2, -0.15) is 0 Å². The van der Waals surface area contributed by atoms with Gasteiger partial charge in [-0.3, -0.25) is 0 Å². The predicted molar refractivity (Wildman–Crippen MR) is 28.9 cm³/mol. The van der Waals surface area contributed by atoms with Crippen molar-refractivity contribution in [1.82, 2.24) is 0 Å². The number of aliphatic hydroxyl groups excluding tert-OH is 1. The van der Waals surface area contributed by atoms with Gasteiger partial charge in [0.05, 0.1) is 0 Å². The molecule has 1 heteroatoms. The van der Waals surface area contributed by atoms with Gasteiger partial charge < -0.3 is 5.11 Å². The zero-order chi connectivity index (χ0) is 5.28. The number of hydrogen-bond acceptors (Lipinski definition) is 1. The molecule has 0 heterocycles. The van der Waals surface area contributed by atoms with E-state index in [1.807, 2.05) is 0 Å². The lowest BCUT2D eigenvalue weighted by molar-refractivity contribution is 0.212. The summed E-state index contributed by atoms with van der Waals surface area (Å²) in [6.45, 7) is 4.06. The fraction of sp³-hybridized carbons (Fsp3) is 0.667. The van der Waals surface area contributed by atoms with Crippen molar-refractivity contribution in [2.24, 2.45) is 5.92 Å². The molecule has 40 valence electrons. The minimum atomic E-state index is 0.304. The molecule has 0 spiro atoms. The Morgan fingerprint density at radius 3 is 2.57 bits per heavy atom. The first-order valence-corrected chi connectivity index (χ1v) is 2.63. The van der Waals surface area contributed by atoms with E-state index in [-0.39, 0.29) is 0 Å². The minimum absolute atomic E-state index is 0.304. The molecule has 0 amide bonds. The number of aliphatic hydroxyl groups is 1. The SMILES string of the molecule is C=C1CCC1CO. The van der Waals surface area contributed by atoms with Crippen LogP contribution in [0.1, 0.15) is 12.8 Å². The Kier molecular flexibility index (Phi) is 1.15. The van der Waals surface area contributed by atoms with Crippen LogP contribution in [0.15, 0.2) is 12.2 Å². The summed E-state index contributed by atoms with van der Waals surface area (Å²) in [5, 5.41) is 8.50. The monoisotopic (exact) mass is 98.1 g/mol. The molecule has 0 aromatic heterocycles. The van der Waals surface area contributed by atoms with Crippen LogP contribution in [0.3, 0.4) is 0 Å². The Labute approximate surface area is 43.7 Å². The van der Waals surface area contributed by atoms with Crippen LogP contribution >= 0.6 is 0 Å². The third-order valence-corrected chi connectivity index (χ3v) is 1.61. The van der Waals surface area contributed by atoms with E-state index in [4.69, 9.17) is 5.11 Å². The van der Waals surface area contributed by atoms with E-state index < -0.39 is 0 Å². The summed E-state index contributed by atoms with van der Waals surface area (Å²) in [4.78, 5) is 0. The summed E-state index contributed by atoms with van der Waals surface area (Å²) in [7, 11) is 0. The van der Waals surface area contributed by atoms with E-state index in [9.17, 15) is 0 Å². The van der Waals surface area contributed by atoms with Gasteiger partial charge >= 0.3 is 0 Å². The molecule has 1 rings (SSSR count). The van der Waals surface area contributed by atoms with E-state index in [1.54, 1.807) is 0 Å². The van der Waals surface area contributed by atoms with Crippen LogP contribution < -0.4 is 0 Å². The molecule has 1 aliphatic rings. The molecule has 7 heavy (non-hydrogen) atoms. The highest BCUT2D eigenvalue weighted by Crippen LogP contribution is 2.30. The second-order valence-corrected chi connectivity index (χ2v) is 2.08. The maximum atomic E-state index is 8.50. The normalized spacial score (nSPS) is 29.9. The smallest absolute Gasteiger partial charge is 0.0496 e. The minimum Gasteiger partial charge on any atom is -0.396 e. The van der Waals surface area contributed by atoms with Crippen molar-refractivity contribution < 1.29 is 5.11 Å². The van der Waals surface area contributed by atoms with Crippen LogP contribution in [0.25, 0.3) is 0 Å². The maximum Gasteiger partial charge on any atom is 0.0496 e. The molecule has 0 bridgehead atoms. The first-order valence-electron chi connectivity index (χ1n) is 2.63. The predicted octanol–water partition coefficient (Wildman–Crippen LogP) is 0.945. The Morgan fingerprint density at radius 2 is 2.57 bits per heavy atom.